The van der Waals surface area contributed by atoms with Gasteiger partial charge in [-0.05, 0) is 36.2 Å². The summed E-state index contributed by atoms with van der Waals surface area (Å²) in [7, 11) is 0. The van der Waals surface area contributed by atoms with Gasteiger partial charge in [0.2, 0.25) is 17.7 Å². The Morgan fingerprint density at radius 2 is 1.70 bits per heavy atom. The third-order valence-corrected chi connectivity index (χ3v) is 4.11. The molecule has 0 aliphatic carbocycles. The van der Waals surface area contributed by atoms with Crippen LogP contribution in [0.15, 0.2) is 54.6 Å². The average molecular weight is 407 g/mol. The molecule has 0 aliphatic rings. The molecule has 0 radical (unpaired) electrons. The molecule has 0 spiro atoms. The number of carbonyl (C=O) groups is 3. The fourth-order valence-electron chi connectivity index (χ4n) is 2.59. The number of phenolic OH excluding ortho intramolecular Hbond substituents is 1. The fourth-order valence-corrected chi connectivity index (χ4v) is 2.59. The van der Waals surface area contributed by atoms with Crippen LogP contribution in [-0.4, -0.2) is 35.4 Å². The molecule has 0 heterocycles. The summed E-state index contributed by atoms with van der Waals surface area (Å²) in [6, 6.07) is 15.1. The molecule has 2 rings (SSSR count). The van der Waals surface area contributed by atoms with Crippen LogP contribution in [0, 0.1) is 11.8 Å². The van der Waals surface area contributed by atoms with E-state index in [9.17, 15) is 19.5 Å². The Balaban J connectivity index is 1.80. The minimum absolute atomic E-state index is 0.163. The molecule has 0 aromatic heterocycles. The van der Waals surface area contributed by atoms with E-state index in [1.54, 1.807) is 24.3 Å². The van der Waals surface area contributed by atoms with E-state index in [0.717, 1.165) is 11.1 Å². The van der Waals surface area contributed by atoms with Crippen LogP contribution in [0.1, 0.15) is 30.9 Å². The lowest BCUT2D eigenvalue weighted by Crippen LogP contribution is -2.48. The first kappa shape index (κ1) is 22.5. The van der Waals surface area contributed by atoms with Gasteiger partial charge < -0.3 is 21.1 Å². The molecule has 1 atom stereocenters. The van der Waals surface area contributed by atoms with Crippen molar-refractivity contribution in [3.8, 4) is 17.6 Å². The molecule has 156 valence electrons. The Morgan fingerprint density at radius 3 is 2.37 bits per heavy atom. The third-order valence-electron chi connectivity index (χ3n) is 4.11. The maximum Gasteiger partial charge on any atom is 0.243 e. The third kappa shape index (κ3) is 8.48. The van der Waals surface area contributed by atoms with E-state index in [1.807, 2.05) is 30.3 Å². The van der Waals surface area contributed by atoms with E-state index in [4.69, 9.17) is 0 Å². The number of hydrogen-bond acceptors (Lipinski definition) is 4. The molecule has 0 aliphatic heterocycles. The van der Waals surface area contributed by atoms with Gasteiger partial charge in [0, 0.05) is 25.5 Å². The topological polar surface area (TPSA) is 108 Å². The Bertz CT molecular complexity index is 915. The minimum atomic E-state index is -0.779. The summed E-state index contributed by atoms with van der Waals surface area (Å²) < 4.78 is 0. The first-order valence-corrected chi connectivity index (χ1v) is 9.57. The second-order valence-corrected chi connectivity index (χ2v) is 6.62. The normalized spacial score (nSPS) is 10.8. The number of nitrogens with one attached hydrogen (secondary N) is 3. The summed E-state index contributed by atoms with van der Waals surface area (Å²) in [4.78, 5) is 35.7. The van der Waals surface area contributed by atoms with Crippen LogP contribution in [0.25, 0.3) is 0 Å². The van der Waals surface area contributed by atoms with Crippen LogP contribution in [0.5, 0.6) is 5.75 Å². The molecule has 0 saturated carbocycles. The highest BCUT2D eigenvalue weighted by Gasteiger charge is 2.19. The van der Waals surface area contributed by atoms with E-state index in [0.29, 0.717) is 19.4 Å². The molecular weight excluding hydrogens is 382 g/mol. The van der Waals surface area contributed by atoms with Crippen molar-refractivity contribution in [2.75, 3.05) is 6.54 Å². The molecule has 7 nitrogen and oxygen atoms in total. The number of rotatable bonds is 8. The van der Waals surface area contributed by atoms with Crippen LogP contribution < -0.4 is 16.0 Å². The smallest absolute Gasteiger partial charge is 0.243 e. The molecule has 0 unspecified atom stereocenters. The lowest BCUT2D eigenvalue weighted by Gasteiger charge is -2.16. The van der Waals surface area contributed by atoms with Gasteiger partial charge >= 0.3 is 0 Å². The van der Waals surface area contributed by atoms with Crippen molar-refractivity contribution < 1.29 is 19.5 Å². The van der Waals surface area contributed by atoms with Crippen molar-refractivity contribution in [1.29, 1.82) is 0 Å². The van der Waals surface area contributed by atoms with Crippen molar-refractivity contribution in [3.63, 3.8) is 0 Å². The van der Waals surface area contributed by atoms with E-state index >= 15 is 0 Å². The largest absolute Gasteiger partial charge is 0.508 e. The highest BCUT2D eigenvalue weighted by Crippen LogP contribution is 2.08. The Morgan fingerprint density at radius 1 is 1.00 bits per heavy atom. The standard InChI is InChI=1S/C23H25N3O4/c1-17(27)26-21(10-6-5-7-18-11-13-20(28)14-12-18)23(30)25-16-22(29)24-15-19-8-3-2-4-9-19/h2-4,8-9,11-14,21,28H,6,10,15-16H2,1H3,(H,24,29)(H,25,30)(H,26,27)/t21-/m0/s1. The highest BCUT2D eigenvalue weighted by molar-refractivity contribution is 5.90. The molecule has 0 bridgehead atoms. The summed E-state index contributed by atoms with van der Waals surface area (Å²) in [5.41, 5.74) is 1.70. The van der Waals surface area contributed by atoms with Gasteiger partial charge in [-0.1, -0.05) is 42.2 Å². The SMILES string of the molecule is CC(=O)N[C@@H](CCC#Cc1ccc(O)cc1)C(=O)NCC(=O)NCc1ccccc1. The van der Waals surface area contributed by atoms with Gasteiger partial charge in [-0.25, -0.2) is 0 Å². The molecule has 2 aromatic rings. The van der Waals surface area contributed by atoms with E-state index in [2.05, 4.69) is 27.8 Å². The second kappa shape index (κ2) is 11.9. The van der Waals surface area contributed by atoms with Crippen molar-refractivity contribution in [1.82, 2.24) is 16.0 Å². The zero-order valence-electron chi connectivity index (χ0n) is 16.8. The van der Waals surface area contributed by atoms with Crippen molar-refractivity contribution in [2.45, 2.75) is 32.4 Å². The molecule has 0 saturated heterocycles. The van der Waals surface area contributed by atoms with Crippen LogP contribution in [-0.2, 0) is 20.9 Å². The average Bonchev–Trinajstić information content (AvgIpc) is 2.74. The second-order valence-electron chi connectivity index (χ2n) is 6.62. The van der Waals surface area contributed by atoms with Crippen LogP contribution in [0.3, 0.4) is 0 Å². The quantitative estimate of drug-likeness (QED) is 0.497. The maximum absolute atomic E-state index is 12.4. The molecule has 2 aromatic carbocycles. The Kier molecular flexibility index (Phi) is 8.94. The molecule has 30 heavy (non-hydrogen) atoms. The maximum atomic E-state index is 12.4. The first-order valence-electron chi connectivity index (χ1n) is 9.57. The lowest BCUT2D eigenvalue weighted by atomic mass is 10.1. The van der Waals surface area contributed by atoms with Gasteiger partial charge in [0.05, 0.1) is 6.54 Å². The van der Waals surface area contributed by atoms with Gasteiger partial charge in [-0.15, -0.1) is 0 Å². The summed E-state index contributed by atoms with van der Waals surface area (Å²) in [6.45, 7) is 1.52. The molecule has 4 N–H and O–H groups in total. The number of hydrogen-bond donors (Lipinski definition) is 4. The minimum Gasteiger partial charge on any atom is -0.508 e. The summed E-state index contributed by atoms with van der Waals surface area (Å²) in [6.07, 6.45) is 0.682. The zero-order valence-corrected chi connectivity index (χ0v) is 16.8. The number of carbonyl (C=O) groups excluding carboxylic acids is 3. The predicted molar refractivity (Wildman–Crippen MR) is 113 cm³/mol. The number of amides is 3. The monoisotopic (exact) mass is 407 g/mol. The Hall–Kier alpha value is -3.79. The summed E-state index contributed by atoms with van der Waals surface area (Å²) >= 11 is 0. The number of aromatic hydroxyl groups is 1. The van der Waals surface area contributed by atoms with E-state index in [-0.39, 0.29) is 24.1 Å². The van der Waals surface area contributed by atoms with Crippen LogP contribution in [0.2, 0.25) is 0 Å². The molecular formula is C23H25N3O4. The Labute approximate surface area is 175 Å². The van der Waals surface area contributed by atoms with Crippen molar-refractivity contribution in [2.24, 2.45) is 0 Å². The molecule has 3 amide bonds. The predicted octanol–water partition coefficient (Wildman–Crippen LogP) is 1.46. The van der Waals surface area contributed by atoms with Crippen LogP contribution >= 0.6 is 0 Å². The first-order chi connectivity index (χ1) is 14.4. The van der Waals surface area contributed by atoms with Crippen LogP contribution in [0.4, 0.5) is 0 Å². The number of benzene rings is 2. The van der Waals surface area contributed by atoms with Gasteiger partial charge in [-0.3, -0.25) is 14.4 Å². The van der Waals surface area contributed by atoms with Crippen molar-refractivity contribution in [3.05, 3.63) is 65.7 Å². The molecule has 7 heteroatoms. The van der Waals surface area contributed by atoms with Gasteiger partial charge in [0.15, 0.2) is 0 Å². The van der Waals surface area contributed by atoms with E-state index in [1.165, 1.54) is 6.92 Å². The zero-order chi connectivity index (χ0) is 21.8. The fraction of sp³-hybridized carbons (Fsp3) is 0.261. The van der Waals surface area contributed by atoms with Gasteiger partial charge in [-0.2, -0.15) is 0 Å². The lowest BCUT2D eigenvalue weighted by molar-refractivity contribution is -0.129. The van der Waals surface area contributed by atoms with Gasteiger partial charge in [0.25, 0.3) is 0 Å². The summed E-state index contributed by atoms with van der Waals surface area (Å²) in [5, 5.41) is 17.1. The van der Waals surface area contributed by atoms with Gasteiger partial charge in [0.1, 0.15) is 11.8 Å². The van der Waals surface area contributed by atoms with E-state index < -0.39 is 11.9 Å². The number of phenols is 1. The van der Waals surface area contributed by atoms with Crippen molar-refractivity contribution >= 4 is 17.7 Å². The molecule has 0 fully saturated rings. The summed E-state index contributed by atoms with van der Waals surface area (Å²) in [5.74, 6) is 4.94. The highest BCUT2D eigenvalue weighted by atomic mass is 16.3.